The van der Waals surface area contributed by atoms with Crippen molar-refractivity contribution >= 4 is 10.1 Å². The lowest BCUT2D eigenvalue weighted by Crippen LogP contribution is -2.45. The second-order valence-corrected chi connectivity index (χ2v) is 5.61. The molecule has 0 amide bonds. The van der Waals surface area contributed by atoms with Gasteiger partial charge in [0.25, 0.3) is 0 Å². The standard InChI is InChI=1S/C10H5F9O3S/c11-6-3-1-5(2-4-6)7(8(12,13)9(14,15)16)22-23(20,21)10(17,18)19/h1-4,7H/t7-/m1/s1. The van der Waals surface area contributed by atoms with Crippen molar-refractivity contribution in [2.24, 2.45) is 0 Å². The van der Waals surface area contributed by atoms with Crippen molar-refractivity contribution in [3.05, 3.63) is 35.6 Å². The summed E-state index contributed by atoms with van der Waals surface area (Å²) in [5, 5.41) is 0. The summed E-state index contributed by atoms with van der Waals surface area (Å²) in [5.74, 6) is -7.11. The van der Waals surface area contributed by atoms with Crippen LogP contribution in [0.4, 0.5) is 39.5 Å². The zero-order valence-corrected chi connectivity index (χ0v) is 11.2. The average molecular weight is 376 g/mol. The van der Waals surface area contributed by atoms with Crippen LogP contribution in [0.5, 0.6) is 0 Å². The van der Waals surface area contributed by atoms with E-state index in [1.807, 2.05) is 0 Å². The molecule has 0 fully saturated rings. The van der Waals surface area contributed by atoms with Crippen LogP contribution in [-0.2, 0) is 14.3 Å². The van der Waals surface area contributed by atoms with Crippen LogP contribution in [0.1, 0.15) is 11.7 Å². The Hall–Kier alpha value is -1.50. The lowest BCUT2D eigenvalue weighted by atomic mass is 10.0. The molecule has 0 saturated carbocycles. The molecule has 13 heteroatoms. The number of hydrogen-bond acceptors (Lipinski definition) is 3. The Kier molecular flexibility index (Phi) is 4.97. The Morgan fingerprint density at radius 3 is 1.65 bits per heavy atom. The maximum atomic E-state index is 13.3. The molecule has 0 saturated heterocycles. The highest BCUT2D eigenvalue weighted by Crippen LogP contribution is 2.48. The molecule has 0 aliphatic rings. The van der Waals surface area contributed by atoms with E-state index in [-0.39, 0.29) is 12.1 Å². The van der Waals surface area contributed by atoms with Gasteiger partial charge >= 0.3 is 27.7 Å². The minimum Gasteiger partial charge on any atom is -0.248 e. The zero-order chi connectivity index (χ0) is 18.3. The van der Waals surface area contributed by atoms with Crippen LogP contribution in [0.15, 0.2) is 24.3 Å². The molecule has 132 valence electrons. The second kappa shape index (κ2) is 5.85. The third-order valence-electron chi connectivity index (χ3n) is 2.39. The predicted octanol–water partition coefficient (Wildman–Crippen LogP) is 3.93. The van der Waals surface area contributed by atoms with Crippen LogP contribution in [0.25, 0.3) is 0 Å². The van der Waals surface area contributed by atoms with Gasteiger partial charge in [0.2, 0.25) is 0 Å². The highest BCUT2D eigenvalue weighted by atomic mass is 32.2. The third kappa shape index (κ3) is 4.07. The minimum absolute atomic E-state index is 0.242. The van der Waals surface area contributed by atoms with E-state index in [1.54, 1.807) is 0 Å². The van der Waals surface area contributed by atoms with Gasteiger partial charge in [-0.25, -0.2) is 8.57 Å². The number of benzene rings is 1. The van der Waals surface area contributed by atoms with Crippen LogP contribution in [0.2, 0.25) is 0 Å². The summed E-state index contributed by atoms with van der Waals surface area (Å²) in [6.45, 7) is 0. The van der Waals surface area contributed by atoms with Crippen LogP contribution in [0.3, 0.4) is 0 Å². The minimum atomic E-state index is -6.77. The maximum Gasteiger partial charge on any atom is 0.523 e. The fourth-order valence-electron chi connectivity index (χ4n) is 1.29. The third-order valence-corrected chi connectivity index (χ3v) is 3.40. The van der Waals surface area contributed by atoms with Crippen molar-refractivity contribution in [1.29, 1.82) is 0 Å². The summed E-state index contributed by atoms with van der Waals surface area (Å²) >= 11 is 0. The molecule has 1 aromatic carbocycles. The number of rotatable bonds is 4. The molecule has 0 spiro atoms. The molecular weight excluding hydrogens is 371 g/mol. The molecule has 0 aliphatic carbocycles. The maximum absolute atomic E-state index is 13.3. The van der Waals surface area contributed by atoms with E-state index in [1.165, 1.54) is 0 Å². The summed E-state index contributed by atoms with van der Waals surface area (Å²) in [5.41, 5.74) is -7.55. The first-order valence-corrected chi connectivity index (χ1v) is 6.70. The Balaban J connectivity index is 3.42. The van der Waals surface area contributed by atoms with Gasteiger partial charge in [-0.2, -0.15) is 43.5 Å². The van der Waals surface area contributed by atoms with E-state index >= 15 is 0 Å². The van der Waals surface area contributed by atoms with Crippen LogP contribution in [0, 0.1) is 5.82 Å². The topological polar surface area (TPSA) is 43.4 Å². The van der Waals surface area contributed by atoms with Crippen LogP contribution >= 0.6 is 0 Å². The van der Waals surface area contributed by atoms with E-state index in [0.29, 0.717) is 12.1 Å². The highest BCUT2D eigenvalue weighted by Gasteiger charge is 2.66. The highest BCUT2D eigenvalue weighted by molar-refractivity contribution is 7.87. The van der Waals surface area contributed by atoms with Gasteiger partial charge < -0.3 is 0 Å². The lowest BCUT2D eigenvalue weighted by molar-refractivity contribution is -0.311. The summed E-state index contributed by atoms with van der Waals surface area (Å²) in [6.07, 6.45) is -10.3. The Morgan fingerprint density at radius 1 is 0.870 bits per heavy atom. The Labute approximate surface area is 122 Å². The Bertz CT molecular complexity index is 646. The SMILES string of the molecule is O=S(=O)(O[C@H](c1ccc(F)cc1)C(F)(F)C(F)(F)F)C(F)(F)F. The quantitative estimate of drug-likeness (QED) is 0.454. The van der Waals surface area contributed by atoms with Crippen molar-refractivity contribution in [3.8, 4) is 0 Å². The molecule has 0 unspecified atom stereocenters. The molecule has 1 atom stereocenters. The smallest absolute Gasteiger partial charge is 0.248 e. The number of hydrogen-bond donors (Lipinski definition) is 0. The van der Waals surface area contributed by atoms with Gasteiger partial charge in [0, 0.05) is 0 Å². The van der Waals surface area contributed by atoms with Gasteiger partial charge in [-0.15, -0.1) is 0 Å². The molecular formula is C10H5F9O3S. The summed E-state index contributed by atoms with van der Waals surface area (Å²) in [4.78, 5) is 0. The van der Waals surface area contributed by atoms with Crippen molar-refractivity contribution in [3.63, 3.8) is 0 Å². The summed E-state index contributed by atoms with van der Waals surface area (Å²) in [7, 11) is -6.77. The molecule has 1 aromatic rings. The van der Waals surface area contributed by atoms with Crippen LogP contribution < -0.4 is 0 Å². The van der Waals surface area contributed by atoms with E-state index in [4.69, 9.17) is 0 Å². The van der Waals surface area contributed by atoms with Gasteiger partial charge in [0.15, 0.2) is 6.10 Å². The van der Waals surface area contributed by atoms with E-state index in [0.717, 1.165) is 0 Å². The predicted molar refractivity (Wildman–Crippen MR) is 56.2 cm³/mol. The van der Waals surface area contributed by atoms with Gasteiger partial charge in [-0.1, -0.05) is 12.1 Å². The van der Waals surface area contributed by atoms with Crippen molar-refractivity contribution in [2.45, 2.75) is 23.7 Å². The molecule has 0 bridgehead atoms. The molecule has 3 nitrogen and oxygen atoms in total. The van der Waals surface area contributed by atoms with E-state index < -0.39 is 45.2 Å². The summed E-state index contributed by atoms with van der Waals surface area (Å²) in [6, 6.07) is 1.17. The van der Waals surface area contributed by atoms with Crippen molar-refractivity contribution < 1.29 is 52.1 Å². The zero-order valence-electron chi connectivity index (χ0n) is 10.4. The van der Waals surface area contributed by atoms with Gasteiger partial charge in [0.05, 0.1) is 0 Å². The van der Waals surface area contributed by atoms with Gasteiger partial charge in [-0.05, 0) is 17.7 Å². The normalized spacial score (nSPS) is 15.5. The first-order valence-electron chi connectivity index (χ1n) is 5.29. The largest absolute Gasteiger partial charge is 0.523 e. The van der Waals surface area contributed by atoms with E-state index in [2.05, 4.69) is 4.18 Å². The van der Waals surface area contributed by atoms with Gasteiger partial charge in [0.1, 0.15) is 5.82 Å². The fourth-order valence-corrected chi connectivity index (χ4v) is 1.89. The second-order valence-electron chi connectivity index (χ2n) is 4.05. The molecule has 0 heterocycles. The molecule has 0 radical (unpaired) electrons. The molecule has 1 rings (SSSR count). The monoisotopic (exact) mass is 376 g/mol. The van der Waals surface area contributed by atoms with Crippen LogP contribution in [-0.4, -0.2) is 26.0 Å². The molecule has 0 aliphatic heterocycles. The summed E-state index contributed by atoms with van der Waals surface area (Å²) < 4.78 is 137. The first-order chi connectivity index (χ1) is 10.1. The average Bonchev–Trinajstić information content (AvgIpc) is 2.34. The first kappa shape index (κ1) is 19.5. The molecule has 0 aromatic heterocycles. The van der Waals surface area contributed by atoms with E-state index in [9.17, 15) is 47.9 Å². The lowest BCUT2D eigenvalue weighted by Gasteiger charge is -2.28. The number of alkyl halides is 8. The fraction of sp³-hybridized carbons (Fsp3) is 0.400. The van der Waals surface area contributed by atoms with Gasteiger partial charge in [-0.3, -0.25) is 0 Å². The molecule has 23 heavy (non-hydrogen) atoms. The Morgan fingerprint density at radius 2 is 1.30 bits per heavy atom. The number of halogens is 9. The van der Waals surface area contributed by atoms with Crippen molar-refractivity contribution in [2.75, 3.05) is 0 Å². The van der Waals surface area contributed by atoms with Crippen molar-refractivity contribution in [1.82, 2.24) is 0 Å². The molecule has 0 N–H and O–H groups in total.